The van der Waals surface area contributed by atoms with Crippen LogP contribution in [0.3, 0.4) is 0 Å². The van der Waals surface area contributed by atoms with E-state index in [4.69, 9.17) is 11.5 Å². The van der Waals surface area contributed by atoms with E-state index in [1.54, 1.807) is 0 Å². The highest BCUT2D eigenvalue weighted by atomic mass is 14.6. The Morgan fingerprint density at radius 1 is 1.13 bits per heavy atom. The zero-order chi connectivity index (χ0) is 10.8. The number of allylic oxidation sites excluding steroid dienone is 1. The van der Waals surface area contributed by atoms with Crippen LogP contribution in [0.1, 0.15) is 5.56 Å². The number of anilines is 2. The molecule has 0 spiro atoms. The van der Waals surface area contributed by atoms with E-state index in [-0.39, 0.29) is 0 Å². The maximum Gasteiger partial charge on any atom is 0.0450 e. The molecule has 0 bridgehead atoms. The molecule has 4 N–H and O–H groups in total. The number of nitrogen functional groups attached to an aromatic ring is 2. The quantitative estimate of drug-likeness (QED) is 0.576. The molecule has 0 aliphatic heterocycles. The van der Waals surface area contributed by atoms with Crippen molar-refractivity contribution in [1.82, 2.24) is 0 Å². The van der Waals surface area contributed by atoms with Gasteiger partial charge in [-0.2, -0.15) is 0 Å². The van der Waals surface area contributed by atoms with Crippen molar-refractivity contribution >= 4 is 22.1 Å². The standard InChI is InChI=1S/C13H14N2/c1-2-4-10-8-7-9-5-3-6-11(14)12(9)13(10)15/h2-3,5-8H,1,4,14-15H2. The molecule has 0 saturated carbocycles. The predicted octanol–water partition coefficient (Wildman–Crippen LogP) is 2.73. The Kier molecular flexibility index (Phi) is 2.34. The van der Waals surface area contributed by atoms with Gasteiger partial charge in [-0.15, -0.1) is 6.58 Å². The first kappa shape index (κ1) is 9.59. The van der Waals surface area contributed by atoms with Gasteiger partial charge < -0.3 is 11.5 Å². The van der Waals surface area contributed by atoms with E-state index in [1.165, 1.54) is 0 Å². The van der Waals surface area contributed by atoms with E-state index < -0.39 is 0 Å². The molecule has 0 unspecified atom stereocenters. The van der Waals surface area contributed by atoms with Gasteiger partial charge in [-0.1, -0.05) is 30.3 Å². The fourth-order valence-corrected chi connectivity index (χ4v) is 1.81. The number of hydrogen-bond donors (Lipinski definition) is 2. The summed E-state index contributed by atoms with van der Waals surface area (Å²) >= 11 is 0. The lowest BCUT2D eigenvalue weighted by Crippen LogP contribution is -1.97. The third-order valence-corrected chi connectivity index (χ3v) is 2.57. The Hall–Kier alpha value is -1.96. The Morgan fingerprint density at radius 2 is 1.93 bits per heavy atom. The normalized spacial score (nSPS) is 10.4. The van der Waals surface area contributed by atoms with E-state index in [0.29, 0.717) is 0 Å². The number of benzene rings is 2. The molecule has 0 amide bonds. The van der Waals surface area contributed by atoms with Crippen LogP contribution in [0.5, 0.6) is 0 Å². The molecule has 0 heterocycles. The molecule has 2 nitrogen and oxygen atoms in total. The smallest absolute Gasteiger partial charge is 0.0450 e. The molecular weight excluding hydrogens is 184 g/mol. The van der Waals surface area contributed by atoms with Gasteiger partial charge in [0.1, 0.15) is 0 Å². The van der Waals surface area contributed by atoms with Gasteiger partial charge in [0.15, 0.2) is 0 Å². The molecule has 2 heteroatoms. The molecule has 15 heavy (non-hydrogen) atoms. The van der Waals surface area contributed by atoms with Crippen LogP contribution in [0.15, 0.2) is 43.0 Å². The first-order valence-electron chi connectivity index (χ1n) is 4.90. The SMILES string of the molecule is C=CCc1ccc2cccc(N)c2c1N. The lowest BCUT2D eigenvalue weighted by Gasteiger charge is -2.09. The molecule has 0 saturated heterocycles. The van der Waals surface area contributed by atoms with Crippen LogP contribution in [0.25, 0.3) is 10.8 Å². The van der Waals surface area contributed by atoms with Crippen molar-refractivity contribution in [3.05, 3.63) is 48.6 Å². The van der Waals surface area contributed by atoms with Crippen LogP contribution in [-0.4, -0.2) is 0 Å². The van der Waals surface area contributed by atoms with Crippen molar-refractivity contribution in [3.8, 4) is 0 Å². The van der Waals surface area contributed by atoms with Crippen LogP contribution in [0.2, 0.25) is 0 Å². The van der Waals surface area contributed by atoms with Gasteiger partial charge in [-0.3, -0.25) is 0 Å². The van der Waals surface area contributed by atoms with Crippen LogP contribution < -0.4 is 11.5 Å². The summed E-state index contributed by atoms with van der Waals surface area (Å²) in [6.07, 6.45) is 2.62. The van der Waals surface area contributed by atoms with Crippen molar-refractivity contribution in [1.29, 1.82) is 0 Å². The lowest BCUT2D eigenvalue weighted by atomic mass is 10.0. The fourth-order valence-electron chi connectivity index (χ4n) is 1.81. The number of rotatable bonds is 2. The van der Waals surface area contributed by atoms with Crippen molar-refractivity contribution in [2.45, 2.75) is 6.42 Å². The van der Waals surface area contributed by atoms with Crippen molar-refractivity contribution < 1.29 is 0 Å². The molecule has 2 aromatic carbocycles. The van der Waals surface area contributed by atoms with Gasteiger partial charge in [0, 0.05) is 16.8 Å². The minimum Gasteiger partial charge on any atom is -0.398 e. The molecule has 0 atom stereocenters. The Labute approximate surface area is 89.2 Å². The summed E-state index contributed by atoms with van der Waals surface area (Å²) in [7, 11) is 0. The third kappa shape index (κ3) is 1.54. The second kappa shape index (κ2) is 3.65. The van der Waals surface area contributed by atoms with Crippen LogP contribution in [-0.2, 0) is 6.42 Å². The molecule has 2 aromatic rings. The average molecular weight is 198 g/mol. The number of fused-ring (bicyclic) bond motifs is 1. The molecular formula is C13H14N2. The van der Waals surface area contributed by atoms with Gasteiger partial charge in [0.05, 0.1) is 0 Å². The van der Waals surface area contributed by atoms with Crippen molar-refractivity contribution in [2.24, 2.45) is 0 Å². The highest BCUT2D eigenvalue weighted by Gasteiger charge is 2.05. The van der Waals surface area contributed by atoms with Gasteiger partial charge in [0.25, 0.3) is 0 Å². The van der Waals surface area contributed by atoms with Gasteiger partial charge in [-0.25, -0.2) is 0 Å². The molecule has 0 fully saturated rings. The van der Waals surface area contributed by atoms with Gasteiger partial charge >= 0.3 is 0 Å². The van der Waals surface area contributed by atoms with Crippen molar-refractivity contribution in [3.63, 3.8) is 0 Å². The second-order valence-electron chi connectivity index (χ2n) is 3.58. The minimum absolute atomic E-state index is 0.732. The number of nitrogens with two attached hydrogens (primary N) is 2. The number of hydrogen-bond acceptors (Lipinski definition) is 2. The average Bonchev–Trinajstić information content (AvgIpc) is 2.22. The minimum atomic E-state index is 0.732. The van der Waals surface area contributed by atoms with Crippen LogP contribution in [0, 0.1) is 0 Å². The zero-order valence-corrected chi connectivity index (χ0v) is 8.53. The summed E-state index contributed by atoms with van der Waals surface area (Å²) in [4.78, 5) is 0. The second-order valence-corrected chi connectivity index (χ2v) is 3.58. The van der Waals surface area contributed by atoms with Gasteiger partial charge in [0.2, 0.25) is 0 Å². The summed E-state index contributed by atoms with van der Waals surface area (Å²) in [6, 6.07) is 9.89. The van der Waals surface area contributed by atoms with Crippen LogP contribution >= 0.6 is 0 Å². The Bertz CT molecular complexity index is 515. The summed E-state index contributed by atoms with van der Waals surface area (Å²) < 4.78 is 0. The largest absolute Gasteiger partial charge is 0.398 e. The third-order valence-electron chi connectivity index (χ3n) is 2.57. The lowest BCUT2D eigenvalue weighted by molar-refractivity contribution is 1.29. The molecule has 0 aliphatic rings. The summed E-state index contributed by atoms with van der Waals surface area (Å²) in [5.41, 5.74) is 14.6. The van der Waals surface area contributed by atoms with Crippen molar-refractivity contribution in [2.75, 3.05) is 11.5 Å². The van der Waals surface area contributed by atoms with E-state index in [9.17, 15) is 0 Å². The van der Waals surface area contributed by atoms with E-state index in [2.05, 4.69) is 6.58 Å². The monoisotopic (exact) mass is 198 g/mol. The topological polar surface area (TPSA) is 52.0 Å². The Balaban J connectivity index is 2.76. The Morgan fingerprint density at radius 3 is 2.67 bits per heavy atom. The predicted molar refractivity (Wildman–Crippen MR) is 66.7 cm³/mol. The maximum atomic E-state index is 6.08. The molecule has 2 rings (SSSR count). The van der Waals surface area contributed by atoms with Crippen LogP contribution in [0.4, 0.5) is 11.4 Å². The molecule has 0 aliphatic carbocycles. The maximum absolute atomic E-state index is 6.08. The fraction of sp³-hybridized carbons (Fsp3) is 0.0769. The molecule has 0 aromatic heterocycles. The van der Waals surface area contributed by atoms with E-state index in [0.717, 1.165) is 34.1 Å². The molecule has 76 valence electrons. The van der Waals surface area contributed by atoms with E-state index >= 15 is 0 Å². The highest BCUT2D eigenvalue weighted by molar-refractivity contribution is 6.02. The first-order chi connectivity index (χ1) is 7.24. The zero-order valence-electron chi connectivity index (χ0n) is 8.53. The molecule has 0 radical (unpaired) electrons. The summed E-state index contributed by atoms with van der Waals surface area (Å²) in [6.45, 7) is 3.71. The first-order valence-corrected chi connectivity index (χ1v) is 4.90. The summed E-state index contributed by atoms with van der Waals surface area (Å²) in [5, 5.41) is 2.04. The van der Waals surface area contributed by atoms with Gasteiger partial charge in [-0.05, 0) is 23.4 Å². The highest BCUT2D eigenvalue weighted by Crippen LogP contribution is 2.29. The summed E-state index contributed by atoms with van der Waals surface area (Å²) in [5.74, 6) is 0. The van der Waals surface area contributed by atoms with E-state index in [1.807, 2.05) is 36.4 Å².